The second-order valence-electron chi connectivity index (χ2n) is 5.59. The van der Waals surface area contributed by atoms with Crippen molar-refractivity contribution in [2.45, 2.75) is 4.90 Å². The first-order valence-electron chi connectivity index (χ1n) is 7.77. The van der Waals surface area contributed by atoms with Crippen LogP contribution in [0.3, 0.4) is 0 Å². The van der Waals surface area contributed by atoms with Gasteiger partial charge >= 0.3 is 0 Å². The zero-order valence-corrected chi connectivity index (χ0v) is 13.8. The van der Waals surface area contributed by atoms with Gasteiger partial charge in [-0.2, -0.15) is 0 Å². The number of hydrogen-bond donors (Lipinski definition) is 2. The van der Waals surface area contributed by atoms with Gasteiger partial charge in [-0.1, -0.05) is 36.4 Å². The van der Waals surface area contributed by atoms with Gasteiger partial charge in [0.25, 0.3) is 0 Å². The Morgan fingerprint density at radius 2 is 1.83 bits per heavy atom. The summed E-state index contributed by atoms with van der Waals surface area (Å²) in [6, 6.07) is 22.4. The van der Waals surface area contributed by atoms with Gasteiger partial charge in [-0.05, 0) is 41.1 Å². The van der Waals surface area contributed by atoms with Gasteiger partial charge in [-0.25, -0.2) is 0 Å². The van der Waals surface area contributed by atoms with Crippen molar-refractivity contribution in [3.05, 3.63) is 72.9 Å². The van der Waals surface area contributed by atoms with E-state index in [2.05, 4.69) is 40.6 Å². The molecule has 0 saturated heterocycles. The van der Waals surface area contributed by atoms with Gasteiger partial charge in [-0.3, -0.25) is 4.79 Å². The van der Waals surface area contributed by atoms with Crippen LogP contribution in [-0.4, -0.2) is 16.6 Å². The van der Waals surface area contributed by atoms with Gasteiger partial charge in [0.05, 0.1) is 11.4 Å². The molecule has 4 heteroatoms. The number of aromatic nitrogens is 1. The van der Waals surface area contributed by atoms with Crippen molar-refractivity contribution in [2.24, 2.45) is 0 Å². The van der Waals surface area contributed by atoms with E-state index >= 15 is 0 Å². The van der Waals surface area contributed by atoms with Crippen molar-refractivity contribution in [1.29, 1.82) is 0 Å². The normalized spacial score (nSPS) is 11.0. The van der Waals surface area contributed by atoms with Crippen molar-refractivity contribution in [3.63, 3.8) is 0 Å². The maximum Gasteiger partial charge on any atom is 0.234 e. The van der Waals surface area contributed by atoms with Crippen LogP contribution in [0.15, 0.2) is 77.8 Å². The smallest absolute Gasteiger partial charge is 0.234 e. The van der Waals surface area contributed by atoms with Crippen molar-refractivity contribution < 1.29 is 4.79 Å². The molecule has 4 aromatic rings. The van der Waals surface area contributed by atoms with E-state index in [-0.39, 0.29) is 5.91 Å². The van der Waals surface area contributed by atoms with Crippen LogP contribution in [0.1, 0.15) is 0 Å². The molecule has 4 rings (SSSR count). The molecule has 3 aromatic carbocycles. The topological polar surface area (TPSA) is 44.9 Å². The zero-order valence-electron chi connectivity index (χ0n) is 13.0. The number of carbonyl (C=O) groups is 1. The Morgan fingerprint density at radius 1 is 0.958 bits per heavy atom. The molecule has 1 heterocycles. The van der Waals surface area contributed by atoms with Gasteiger partial charge in [0, 0.05) is 22.0 Å². The first kappa shape index (κ1) is 14.8. The summed E-state index contributed by atoms with van der Waals surface area (Å²) in [6.07, 6.45) is 1.88. The molecule has 0 atom stereocenters. The molecule has 24 heavy (non-hydrogen) atoms. The lowest BCUT2D eigenvalue weighted by Gasteiger charge is -2.07. The number of hydrogen-bond acceptors (Lipinski definition) is 2. The first-order valence-corrected chi connectivity index (χ1v) is 8.76. The molecule has 0 spiro atoms. The van der Waals surface area contributed by atoms with E-state index in [0.717, 1.165) is 21.5 Å². The van der Waals surface area contributed by atoms with Gasteiger partial charge in [-0.15, -0.1) is 11.8 Å². The minimum absolute atomic E-state index is 0.00172. The number of benzene rings is 3. The molecule has 0 saturated carbocycles. The fraction of sp³-hybridized carbons (Fsp3) is 0.0500. The van der Waals surface area contributed by atoms with Crippen LogP contribution in [0.4, 0.5) is 5.69 Å². The van der Waals surface area contributed by atoms with E-state index < -0.39 is 0 Å². The number of rotatable bonds is 4. The summed E-state index contributed by atoms with van der Waals surface area (Å²) in [5.74, 6) is 0.390. The summed E-state index contributed by atoms with van der Waals surface area (Å²) in [6.45, 7) is 0. The molecule has 3 nitrogen and oxygen atoms in total. The number of aromatic amines is 1. The van der Waals surface area contributed by atoms with E-state index in [1.165, 1.54) is 10.8 Å². The van der Waals surface area contributed by atoms with Gasteiger partial charge < -0.3 is 10.3 Å². The van der Waals surface area contributed by atoms with E-state index in [1.54, 1.807) is 11.8 Å². The number of amides is 1. The molecule has 118 valence electrons. The Kier molecular flexibility index (Phi) is 3.97. The minimum Gasteiger partial charge on any atom is -0.361 e. The third-order valence-electron chi connectivity index (χ3n) is 3.96. The van der Waals surface area contributed by atoms with E-state index in [1.807, 2.05) is 42.6 Å². The Labute approximate surface area is 144 Å². The standard InChI is InChI=1S/C20H16N2OS/c23-20(22-19-7-3-6-18-17(19)10-11-21-18)13-24-16-9-8-14-4-1-2-5-15(14)12-16/h1-12,21H,13H2,(H,22,23). The van der Waals surface area contributed by atoms with Crippen LogP contribution in [0.5, 0.6) is 0 Å². The van der Waals surface area contributed by atoms with Crippen molar-refractivity contribution >= 4 is 45.0 Å². The summed E-state index contributed by atoms with van der Waals surface area (Å²) >= 11 is 1.55. The second-order valence-corrected chi connectivity index (χ2v) is 6.64. The molecule has 0 radical (unpaired) electrons. The first-order chi connectivity index (χ1) is 11.8. The number of nitrogens with one attached hydrogen (secondary N) is 2. The molecule has 0 fully saturated rings. The number of fused-ring (bicyclic) bond motifs is 2. The SMILES string of the molecule is O=C(CSc1ccc2ccccc2c1)Nc1cccc2[nH]ccc12. The summed E-state index contributed by atoms with van der Waals surface area (Å²) in [7, 11) is 0. The molecule has 2 N–H and O–H groups in total. The largest absolute Gasteiger partial charge is 0.361 e. The van der Waals surface area contributed by atoms with Gasteiger partial charge in [0.1, 0.15) is 0 Å². The highest BCUT2D eigenvalue weighted by molar-refractivity contribution is 8.00. The maximum absolute atomic E-state index is 12.3. The van der Waals surface area contributed by atoms with Crippen LogP contribution in [0.2, 0.25) is 0 Å². The van der Waals surface area contributed by atoms with Crippen LogP contribution in [0.25, 0.3) is 21.7 Å². The molecular formula is C20H16N2OS. The van der Waals surface area contributed by atoms with E-state index in [9.17, 15) is 4.79 Å². The average Bonchev–Trinajstić information content (AvgIpc) is 3.10. The Morgan fingerprint density at radius 3 is 2.75 bits per heavy atom. The summed E-state index contributed by atoms with van der Waals surface area (Å²) in [5.41, 5.74) is 1.87. The molecule has 0 aliphatic carbocycles. The molecule has 0 aliphatic rings. The Hall–Kier alpha value is -2.72. The van der Waals surface area contributed by atoms with E-state index in [4.69, 9.17) is 0 Å². The summed E-state index contributed by atoms with van der Waals surface area (Å²) in [4.78, 5) is 16.5. The lowest BCUT2D eigenvalue weighted by atomic mass is 10.1. The van der Waals surface area contributed by atoms with E-state index in [0.29, 0.717) is 5.75 Å². The summed E-state index contributed by atoms with van der Waals surface area (Å²) in [5, 5.41) is 6.44. The maximum atomic E-state index is 12.3. The van der Waals surface area contributed by atoms with Crippen molar-refractivity contribution in [2.75, 3.05) is 11.1 Å². The molecular weight excluding hydrogens is 316 g/mol. The predicted molar refractivity (Wildman–Crippen MR) is 102 cm³/mol. The second kappa shape index (κ2) is 6.42. The number of thioether (sulfide) groups is 1. The van der Waals surface area contributed by atoms with Crippen LogP contribution in [0, 0.1) is 0 Å². The molecule has 0 aliphatic heterocycles. The number of H-pyrrole nitrogens is 1. The number of anilines is 1. The third kappa shape index (κ3) is 3.01. The lowest BCUT2D eigenvalue weighted by molar-refractivity contribution is -0.113. The fourth-order valence-corrected chi connectivity index (χ4v) is 3.53. The predicted octanol–water partition coefficient (Wildman–Crippen LogP) is 5.05. The van der Waals surface area contributed by atoms with Crippen molar-refractivity contribution in [3.8, 4) is 0 Å². The Bertz CT molecular complexity index is 1020. The molecule has 0 unspecified atom stereocenters. The van der Waals surface area contributed by atoms with Crippen LogP contribution >= 0.6 is 11.8 Å². The molecule has 0 bridgehead atoms. The minimum atomic E-state index is 0.00172. The van der Waals surface area contributed by atoms with Crippen molar-refractivity contribution in [1.82, 2.24) is 4.98 Å². The third-order valence-corrected chi connectivity index (χ3v) is 4.95. The van der Waals surface area contributed by atoms with Gasteiger partial charge in [0.2, 0.25) is 5.91 Å². The average molecular weight is 332 g/mol. The molecule has 1 amide bonds. The number of carbonyl (C=O) groups excluding carboxylic acids is 1. The zero-order chi connectivity index (χ0) is 16.4. The highest BCUT2D eigenvalue weighted by Crippen LogP contribution is 2.25. The highest BCUT2D eigenvalue weighted by atomic mass is 32.2. The Balaban J connectivity index is 1.45. The summed E-state index contributed by atoms with van der Waals surface area (Å²) < 4.78 is 0. The van der Waals surface area contributed by atoms with Crippen LogP contribution < -0.4 is 5.32 Å². The quantitative estimate of drug-likeness (QED) is 0.514. The fourth-order valence-electron chi connectivity index (χ4n) is 2.79. The molecule has 1 aromatic heterocycles. The highest BCUT2D eigenvalue weighted by Gasteiger charge is 2.07. The lowest BCUT2D eigenvalue weighted by Crippen LogP contribution is -2.14. The van der Waals surface area contributed by atoms with Gasteiger partial charge in [0.15, 0.2) is 0 Å². The monoisotopic (exact) mass is 332 g/mol. The van der Waals surface area contributed by atoms with Crippen LogP contribution in [-0.2, 0) is 4.79 Å².